The van der Waals surface area contributed by atoms with E-state index in [1.54, 1.807) is 43.0 Å². The first-order valence-electron chi connectivity index (χ1n) is 12.7. The van der Waals surface area contributed by atoms with E-state index in [0.717, 1.165) is 13.0 Å². The molecular weight excluding hydrogens is 505 g/mol. The van der Waals surface area contributed by atoms with Gasteiger partial charge in [-0.15, -0.1) is 5.10 Å². The van der Waals surface area contributed by atoms with E-state index in [9.17, 15) is 13.4 Å². The summed E-state index contributed by atoms with van der Waals surface area (Å²) in [6.07, 6.45) is 4.11. The van der Waals surface area contributed by atoms with Crippen molar-refractivity contribution in [3.05, 3.63) is 36.3 Å². The topological polar surface area (TPSA) is 127 Å². The van der Waals surface area contributed by atoms with E-state index in [2.05, 4.69) is 61.3 Å². The molecule has 3 aromatic heterocycles. The highest BCUT2D eigenvalue weighted by Gasteiger charge is 2.40. The summed E-state index contributed by atoms with van der Waals surface area (Å²) < 4.78 is 37.5. The molecule has 1 fully saturated rings. The third kappa shape index (κ3) is 6.05. The number of aryl methyl sites for hydroxylation is 2. The van der Waals surface area contributed by atoms with Crippen LogP contribution in [0.15, 0.2) is 35.5 Å². The molecule has 0 radical (unpaired) electrons. The van der Waals surface area contributed by atoms with Crippen molar-refractivity contribution in [3.63, 3.8) is 0 Å². The third-order valence-corrected chi connectivity index (χ3v) is 8.00. The number of nitrogens with zero attached hydrogens (tertiary/aromatic N) is 6. The molecule has 0 saturated carbocycles. The second-order valence-corrected chi connectivity index (χ2v) is 13.7. The van der Waals surface area contributed by atoms with Crippen molar-refractivity contribution in [2.45, 2.75) is 65.3 Å². The van der Waals surface area contributed by atoms with Gasteiger partial charge in [0.1, 0.15) is 10.7 Å². The summed E-state index contributed by atoms with van der Waals surface area (Å²) in [6.45, 7) is 15.5. The fraction of sp³-hybridized carbons (Fsp3) is 0.560. The number of pyridine rings is 1. The average Bonchev–Trinajstić information content (AvgIpc) is 3.47. The third-order valence-electron chi connectivity index (χ3n) is 6.49. The van der Waals surface area contributed by atoms with E-state index in [4.69, 9.17) is 9.72 Å². The zero-order chi connectivity index (χ0) is 28.0. The van der Waals surface area contributed by atoms with Crippen LogP contribution < -0.4 is 19.7 Å². The van der Waals surface area contributed by atoms with Gasteiger partial charge >= 0.3 is 7.05 Å². The van der Waals surface area contributed by atoms with Gasteiger partial charge in [0, 0.05) is 43.1 Å². The summed E-state index contributed by atoms with van der Waals surface area (Å²) in [6, 6.07) is 5.18. The Kier molecular flexibility index (Phi) is 7.41. The lowest BCUT2D eigenvalue weighted by molar-refractivity contribution is 0.190. The number of rotatable bonds is 8. The Labute approximate surface area is 225 Å². The minimum Gasteiger partial charge on any atom is -0.476 e. The maximum Gasteiger partial charge on any atom is 0.431 e. The van der Waals surface area contributed by atoms with Crippen LogP contribution in [0.4, 0.5) is 5.82 Å². The molecular formula is C25H38BN7O4S. The smallest absolute Gasteiger partial charge is 0.431 e. The molecule has 4 heterocycles. The van der Waals surface area contributed by atoms with Crippen molar-refractivity contribution in [2.75, 3.05) is 18.1 Å². The largest absolute Gasteiger partial charge is 0.476 e. The van der Waals surface area contributed by atoms with Gasteiger partial charge in [0.25, 0.3) is 0 Å². The zero-order valence-corrected chi connectivity index (χ0v) is 24.2. The molecule has 2 N–H and O–H groups in total. The fourth-order valence-corrected chi connectivity index (χ4v) is 6.15. The standard InChI is InChI=1S/C25H38BN7O4S/c1-17-13-25(6,7)32(14-17)23-19(26(34)30-38(35,36)20-15-31(8)28-18(20)2)9-10-21(27-23)33-12-11-22(29-33)37-16-24(3,4)5/h9-12,15,17,30,34H,13-14,16H2,1-8H3/t17-/m0/s1. The lowest BCUT2D eigenvalue weighted by Gasteiger charge is -2.34. The van der Waals surface area contributed by atoms with E-state index in [0.29, 0.717) is 41.2 Å². The lowest BCUT2D eigenvalue weighted by Crippen LogP contribution is -2.52. The minimum absolute atomic E-state index is 0.00724. The number of aromatic nitrogens is 5. The summed E-state index contributed by atoms with van der Waals surface area (Å²) in [4.78, 5) is 7.02. The van der Waals surface area contributed by atoms with Gasteiger partial charge in [0.15, 0.2) is 5.82 Å². The quantitative estimate of drug-likeness (QED) is 0.414. The van der Waals surface area contributed by atoms with E-state index >= 15 is 0 Å². The van der Waals surface area contributed by atoms with Crippen molar-refractivity contribution >= 4 is 28.4 Å². The lowest BCUT2D eigenvalue weighted by atomic mass is 9.75. The molecule has 4 rings (SSSR count). The molecule has 0 aromatic carbocycles. The van der Waals surface area contributed by atoms with Crippen LogP contribution in [0.1, 0.15) is 53.7 Å². The molecule has 1 aliphatic heterocycles. The van der Waals surface area contributed by atoms with Gasteiger partial charge in [0.2, 0.25) is 15.9 Å². The van der Waals surface area contributed by atoms with Crippen LogP contribution in [-0.4, -0.2) is 63.7 Å². The van der Waals surface area contributed by atoms with E-state index in [1.807, 2.05) is 0 Å². The maximum absolute atomic E-state index is 13.1. The molecule has 1 atom stereocenters. The van der Waals surface area contributed by atoms with Crippen LogP contribution in [0.3, 0.4) is 0 Å². The normalized spacial score (nSPS) is 17.7. The molecule has 3 aromatic rings. The first-order valence-corrected chi connectivity index (χ1v) is 14.2. The van der Waals surface area contributed by atoms with E-state index in [-0.39, 0.29) is 15.8 Å². The van der Waals surface area contributed by atoms with Gasteiger partial charge in [0.05, 0.1) is 12.3 Å². The van der Waals surface area contributed by atoms with Gasteiger partial charge in [-0.25, -0.2) is 22.7 Å². The molecule has 11 nitrogen and oxygen atoms in total. The monoisotopic (exact) mass is 543 g/mol. The van der Waals surface area contributed by atoms with Gasteiger partial charge in [-0.1, -0.05) is 33.8 Å². The van der Waals surface area contributed by atoms with Crippen molar-refractivity contribution < 1.29 is 18.2 Å². The number of nitrogens with one attached hydrogen (secondary N) is 1. The Morgan fingerprint density at radius 3 is 2.53 bits per heavy atom. The molecule has 0 bridgehead atoms. The Morgan fingerprint density at radius 2 is 1.95 bits per heavy atom. The van der Waals surface area contributed by atoms with Gasteiger partial charge in [-0.05, 0) is 44.6 Å². The van der Waals surface area contributed by atoms with Crippen LogP contribution in [-0.2, 0) is 17.1 Å². The minimum atomic E-state index is -4.04. The van der Waals surface area contributed by atoms with Gasteiger partial charge in [-0.2, -0.15) is 5.10 Å². The zero-order valence-electron chi connectivity index (χ0n) is 23.4. The van der Waals surface area contributed by atoms with Crippen molar-refractivity contribution in [1.29, 1.82) is 0 Å². The highest BCUT2D eigenvalue weighted by atomic mass is 32.2. The van der Waals surface area contributed by atoms with Crippen LogP contribution in [0.25, 0.3) is 5.82 Å². The molecule has 0 spiro atoms. The Balaban J connectivity index is 1.70. The molecule has 0 unspecified atom stereocenters. The Hall–Kier alpha value is -2.90. The SMILES string of the molecule is Cc1nn(C)cc1S(=O)(=O)NB(O)c1ccc(-n2ccc(OCC(C)(C)C)n2)nc1N1C[C@@H](C)CC1(C)C. The fourth-order valence-electron chi connectivity index (χ4n) is 4.88. The highest BCUT2D eigenvalue weighted by Crippen LogP contribution is 2.35. The van der Waals surface area contributed by atoms with Crippen LogP contribution in [0.5, 0.6) is 5.88 Å². The van der Waals surface area contributed by atoms with Gasteiger partial charge < -0.3 is 14.7 Å². The predicted molar refractivity (Wildman–Crippen MR) is 147 cm³/mol. The number of sulfonamides is 1. The second-order valence-electron chi connectivity index (χ2n) is 12.0. The number of ether oxygens (including phenoxy) is 1. The van der Waals surface area contributed by atoms with Crippen LogP contribution in [0.2, 0.25) is 0 Å². The summed E-state index contributed by atoms with van der Waals surface area (Å²) >= 11 is 0. The molecule has 1 saturated heterocycles. The predicted octanol–water partition coefficient (Wildman–Crippen LogP) is 2.02. The molecule has 206 valence electrons. The van der Waals surface area contributed by atoms with Crippen LogP contribution in [0, 0.1) is 18.3 Å². The summed E-state index contributed by atoms with van der Waals surface area (Å²) in [5.41, 5.74) is 0.451. The summed E-state index contributed by atoms with van der Waals surface area (Å²) in [5.74, 6) is 1.92. The summed E-state index contributed by atoms with van der Waals surface area (Å²) in [5, 5.41) is 19.8. The average molecular weight is 544 g/mol. The van der Waals surface area contributed by atoms with Crippen molar-refractivity contribution in [3.8, 4) is 11.7 Å². The Bertz CT molecular complexity index is 1410. The Morgan fingerprint density at radius 1 is 1.24 bits per heavy atom. The summed E-state index contributed by atoms with van der Waals surface area (Å²) in [7, 11) is -3.91. The molecule has 13 heteroatoms. The van der Waals surface area contributed by atoms with E-state index < -0.39 is 17.1 Å². The van der Waals surface area contributed by atoms with Crippen LogP contribution >= 0.6 is 0 Å². The number of hydrogen-bond donors (Lipinski definition) is 2. The molecule has 38 heavy (non-hydrogen) atoms. The maximum atomic E-state index is 13.1. The second kappa shape index (κ2) is 10.0. The van der Waals surface area contributed by atoms with Crippen molar-refractivity contribution in [1.82, 2.24) is 29.2 Å². The first-order chi connectivity index (χ1) is 17.6. The molecule has 0 amide bonds. The first kappa shape index (κ1) is 28.1. The van der Waals surface area contributed by atoms with Crippen molar-refractivity contribution in [2.24, 2.45) is 18.4 Å². The molecule has 0 aliphatic carbocycles. The highest BCUT2D eigenvalue weighted by molar-refractivity contribution is 7.90. The number of anilines is 1. The number of hydrogen-bond acceptors (Lipinski definition) is 8. The van der Waals surface area contributed by atoms with Gasteiger partial charge in [-0.3, -0.25) is 4.68 Å². The van der Waals surface area contributed by atoms with E-state index in [1.165, 1.54) is 10.9 Å². The molecule has 1 aliphatic rings.